The molecule has 1 saturated heterocycles. The number of nitrogens with zero attached hydrogens (tertiary/aromatic N) is 2. The first-order valence-corrected chi connectivity index (χ1v) is 6.82. The molecule has 2 aliphatic heterocycles. The first-order valence-electron chi connectivity index (χ1n) is 6.82. The summed E-state index contributed by atoms with van der Waals surface area (Å²) >= 11 is 0. The van der Waals surface area contributed by atoms with E-state index in [0.29, 0.717) is 0 Å². The summed E-state index contributed by atoms with van der Waals surface area (Å²) in [5.41, 5.74) is 0.925. The van der Waals surface area contributed by atoms with E-state index in [4.69, 9.17) is 4.74 Å². The van der Waals surface area contributed by atoms with Crippen molar-refractivity contribution >= 4 is 6.02 Å². The van der Waals surface area contributed by atoms with Crippen LogP contribution in [0, 0.1) is 0 Å². The number of benzene rings is 1. The standard InChI is InChI=1S/C15H20N2O/c1-15(13-8-4-2-5-9-13)12-16-14(18-15)17-10-6-3-7-11-17/h2,4-5,8-9H,3,6-7,10-12H2,1H3. The van der Waals surface area contributed by atoms with E-state index in [1.165, 1.54) is 24.8 Å². The molecule has 1 fully saturated rings. The van der Waals surface area contributed by atoms with Crippen molar-refractivity contribution in [2.45, 2.75) is 31.8 Å². The monoisotopic (exact) mass is 244 g/mol. The van der Waals surface area contributed by atoms with Gasteiger partial charge in [0.1, 0.15) is 0 Å². The van der Waals surface area contributed by atoms with Gasteiger partial charge in [-0.2, -0.15) is 0 Å². The van der Waals surface area contributed by atoms with E-state index in [1.54, 1.807) is 0 Å². The molecule has 0 amide bonds. The molecule has 0 radical (unpaired) electrons. The third kappa shape index (κ3) is 2.09. The zero-order valence-corrected chi connectivity index (χ0v) is 10.9. The van der Waals surface area contributed by atoms with Gasteiger partial charge in [-0.15, -0.1) is 0 Å². The fourth-order valence-electron chi connectivity index (χ4n) is 2.68. The van der Waals surface area contributed by atoms with Crippen LogP contribution in [0.2, 0.25) is 0 Å². The Morgan fingerprint density at radius 3 is 2.56 bits per heavy atom. The van der Waals surface area contributed by atoms with Crippen LogP contribution in [0.25, 0.3) is 0 Å². The molecule has 2 aliphatic rings. The van der Waals surface area contributed by atoms with Crippen molar-refractivity contribution in [3.8, 4) is 0 Å². The highest BCUT2D eigenvalue weighted by molar-refractivity contribution is 5.76. The van der Waals surface area contributed by atoms with Gasteiger partial charge in [-0.1, -0.05) is 30.3 Å². The SMILES string of the molecule is CC1(c2ccccc2)CN=C(N2CCCCC2)O1. The lowest BCUT2D eigenvalue weighted by Crippen LogP contribution is -2.38. The Bertz CT molecular complexity index is 437. The molecule has 1 unspecified atom stereocenters. The summed E-state index contributed by atoms with van der Waals surface area (Å²) < 4.78 is 6.15. The van der Waals surface area contributed by atoms with Gasteiger partial charge in [-0.25, -0.2) is 4.99 Å². The number of ether oxygens (including phenoxy) is 1. The second-order valence-electron chi connectivity index (χ2n) is 5.35. The third-order valence-corrected chi connectivity index (χ3v) is 3.84. The van der Waals surface area contributed by atoms with Crippen LogP contribution >= 0.6 is 0 Å². The van der Waals surface area contributed by atoms with Gasteiger partial charge < -0.3 is 9.64 Å². The highest BCUT2D eigenvalue weighted by atomic mass is 16.5. The Hall–Kier alpha value is -1.51. The van der Waals surface area contributed by atoms with Crippen LogP contribution in [-0.2, 0) is 10.3 Å². The lowest BCUT2D eigenvalue weighted by molar-refractivity contribution is 0.0812. The molecule has 18 heavy (non-hydrogen) atoms. The van der Waals surface area contributed by atoms with Crippen LogP contribution in [0.4, 0.5) is 0 Å². The zero-order chi connectivity index (χ0) is 12.4. The van der Waals surface area contributed by atoms with E-state index in [2.05, 4.69) is 41.1 Å². The molecule has 0 bridgehead atoms. The quantitative estimate of drug-likeness (QED) is 0.759. The highest BCUT2D eigenvalue weighted by Crippen LogP contribution is 2.31. The minimum atomic E-state index is -0.284. The van der Waals surface area contributed by atoms with Crippen LogP contribution in [0.15, 0.2) is 35.3 Å². The Kier molecular flexibility index (Phi) is 2.98. The van der Waals surface area contributed by atoms with Crippen molar-refractivity contribution in [2.75, 3.05) is 19.6 Å². The first kappa shape index (κ1) is 11.6. The normalized spacial score (nSPS) is 27.8. The molecule has 0 saturated carbocycles. The number of rotatable bonds is 1. The van der Waals surface area contributed by atoms with E-state index < -0.39 is 0 Å². The molecule has 0 spiro atoms. The molecule has 1 aromatic rings. The number of piperidine rings is 1. The zero-order valence-electron chi connectivity index (χ0n) is 10.9. The molecule has 0 aromatic heterocycles. The summed E-state index contributed by atoms with van der Waals surface area (Å²) in [5.74, 6) is 0. The topological polar surface area (TPSA) is 24.8 Å². The molecule has 2 heterocycles. The Labute approximate surface area is 108 Å². The summed E-state index contributed by atoms with van der Waals surface area (Å²) in [6, 6.07) is 11.2. The van der Waals surface area contributed by atoms with E-state index >= 15 is 0 Å². The second kappa shape index (κ2) is 4.63. The van der Waals surface area contributed by atoms with Crippen molar-refractivity contribution < 1.29 is 4.74 Å². The van der Waals surface area contributed by atoms with Gasteiger partial charge >= 0.3 is 0 Å². The van der Waals surface area contributed by atoms with Crippen LogP contribution < -0.4 is 0 Å². The summed E-state index contributed by atoms with van der Waals surface area (Å²) in [7, 11) is 0. The maximum Gasteiger partial charge on any atom is 0.288 e. The van der Waals surface area contributed by atoms with Crippen LogP contribution in [0.1, 0.15) is 31.7 Å². The summed E-state index contributed by atoms with van der Waals surface area (Å²) in [5, 5.41) is 0. The summed E-state index contributed by atoms with van der Waals surface area (Å²) in [6.45, 7) is 5.03. The number of hydrogen-bond acceptors (Lipinski definition) is 3. The largest absolute Gasteiger partial charge is 0.452 e. The van der Waals surface area contributed by atoms with Gasteiger partial charge in [-0.05, 0) is 31.7 Å². The molecule has 3 rings (SSSR count). The lowest BCUT2D eigenvalue weighted by atomic mass is 9.96. The average Bonchev–Trinajstić information content (AvgIpc) is 2.85. The molecule has 1 aromatic carbocycles. The molecular weight excluding hydrogens is 224 g/mol. The van der Waals surface area contributed by atoms with Crippen LogP contribution in [0.3, 0.4) is 0 Å². The van der Waals surface area contributed by atoms with E-state index in [0.717, 1.165) is 25.7 Å². The lowest BCUT2D eigenvalue weighted by Gasteiger charge is -2.31. The number of amidine groups is 1. The second-order valence-corrected chi connectivity index (χ2v) is 5.35. The maximum absolute atomic E-state index is 6.15. The molecule has 96 valence electrons. The van der Waals surface area contributed by atoms with Crippen molar-refractivity contribution in [3.63, 3.8) is 0 Å². The van der Waals surface area contributed by atoms with Crippen LogP contribution in [-0.4, -0.2) is 30.6 Å². The Balaban J connectivity index is 1.73. The van der Waals surface area contributed by atoms with Gasteiger partial charge in [-0.3, -0.25) is 0 Å². The third-order valence-electron chi connectivity index (χ3n) is 3.84. The Morgan fingerprint density at radius 1 is 1.11 bits per heavy atom. The number of aliphatic imine (C=N–C) groups is 1. The van der Waals surface area contributed by atoms with Gasteiger partial charge in [0.2, 0.25) is 0 Å². The molecule has 0 aliphatic carbocycles. The van der Waals surface area contributed by atoms with Crippen molar-refractivity contribution in [1.82, 2.24) is 4.90 Å². The molecule has 0 N–H and O–H groups in total. The van der Waals surface area contributed by atoms with Gasteiger partial charge in [0.05, 0.1) is 6.54 Å². The molecule has 3 heteroatoms. The fraction of sp³-hybridized carbons (Fsp3) is 0.533. The molecule has 3 nitrogen and oxygen atoms in total. The predicted octanol–water partition coefficient (Wildman–Crippen LogP) is 2.77. The van der Waals surface area contributed by atoms with Gasteiger partial charge in [0.15, 0.2) is 5.60 Å². The van der Waals surface area contributed by atoms with E-state index in [-0.39, 0.29) is 5.60 Å². The average molecular weight is 244 g/mol. The molecule has 1 atom stereocenters. The fourth-order valence-corrected chi connectivity index (χ4v) is 2.68. The maximum atomic E-state index is 6.15. The minimum absolute atomic E-state index is 0.284. The highest BCUT2D eigenvalue weighted by Gasteiger charge is 2.37. The molecular formula is C15H20N2O. The summed E-state index contributed by atoms with van der Waals surface area (Å²) in [4.78, 5) is 6.90. The first-order chi connectivity index (χ1) is 8.78. The van der Waals surface area contributed by atoms with E-state index in [1.807, 2.05) is 6.07 Å². The summed E-state index contributed by atoms with van der Waals surface area (Å²) in [6.07, 6.45) is 3.84. The van der Waals surface area contributed by atoms with Crippen molar-refractivity contribution in [3.05, 3.63) is 35.9 Å². The smallest absolute Gasteiger partial charge is 0.288 e. The number of hydrogen-bond donors (Lipinski definition) is 0. The van der Waals surface area contributed by atoms with Crippen molar-refractivity contribution in [1.29, 1.82) is 0 Å². The van der Waals surface area contributed by atoms with E-state index in [9.17, 15) is 0 Å². The van der Waals surface area contributed by atoms with Gasteiger partial charge in [0, 0.05) is 13.1 Å². The van der Waals surface area contributed by atoms with Gasteiger partial charge in [0.25, 0.3) is 6.02 Å². The number of likely N-dealkylation sites (tertiary alicyclic amines) is 1. The Morgan fingerprint density at radius 2 is 1.83 bits per heavy atom. The van der Waals surface area contributed by atoms with Crippen LogP contribution in [0.5, 0.6) is 0 Å². The minimum Gasteiger partial charge on any atom is -0.452 e. The predicted molar refractivity (Wildman–Crippen MR) is 72.6 cm³/mol. The van der Waals surface area contributed by atoms with Crippen molar-refractivity contribution in [2.24, 2.45) is 4.99 Å².